The first-order chi connectivity index (χ1) is 9.91. The molecular formula is C14H21Cl2FN2O2S. The van der Waals surface area contributed by atoms with Gasteiger partial charge in [-0.25, -0.2) is 17.5 Å². The largest absolute Gasteiger partial charge is 0.329 e. The molecule has 2 rings (SSSR count). The number of rotatable bonds is 6. The van der Waals surface area contributed by atoms with Gasteiger partial charge in [0.1, 0.15) is 5.82 Å². The highest BCUT2D eigenvalue weighted by Crippen LogP contribution is 2.28. The minimum atomic E-state index is -3.52. The molecule has 0 heterocycles. The highest BCUT2D eigenvalue weighted by molar-refractivity contribution is 7.88. The van der Waals surface area contributed by atoms with E-state index in [0.29, 0.717) is 11.5 Å². The Balaban J connectivity index is 0.00000242. The minimum Gasteiger partial charge on any atom is -0.329 e. The molecular weight excluding hydrogens is 350 g/mol. The SMILES string of the molecule is Cl.NCC(NS(=O)(=O)Cc1ccc(F)c(Cl)c1)C1CCCC1. The number of halogens is 3. The maximum absolute atomic E-state index is 13.1. The molecule has 22 heavy (non-hydrogen) atoms. The van der Waals surface area contributed by atoms with E-state index in [4.69, 9.17) is 17.3 Å². The second-order valence-electron chi connectivity index (χ2n) is 5.51. The molecule has 0 amide bonds. The standard InChI is InChI=1S/C14H20ClFN2O2S.ClH/c15-12-7-10(5-6-13(12)16)9-21(19,20)18-14(8-17)11-3-1-2-4-11;/h5-7,11,14,18H,1-4,8-9,17H2;1H. The Morgan fingerprint density at radius 2 is 2.00 bits per heavy atom. The molecule has 1 aliphatic carbocycles. The zero-order valence-electron chi connectivity index (χ0n) is 12.1. The summed E-state index contributed by atoms with van der Waals surface area (Å²) in [5.41, 5.74) is 6.15. The van der Waals surface area contributed by atoms with Crippen LogP contribution in [0.3, 0.4) is 0 Å². The van der Waals surface area contributed by atoms with Gasteiger partial charge in [0.25, 0.3) is 0 Å². The van der Waals surface area contributed by atoms with Crippen molar-refractivity contribution in [2.24, 2.45) is 11.7 Å². The molecule has 0 bridgehead atoms. The Bertz CT molecular complexity index is 593. The molecule has 0 aromatic heterocycles. The van der Waals surface area contributed by atoms with E-state index >= 15 is 0 Å². The number of hydrogen-bond acceptors (Lipinski definition) is 3. The molecule has 0 aliphatic heterocycles. The second kappa shape index (κ2) is 8.45. The maximum Gasteiger partial charge on any atom is 0.216 e. The lowest BCUT2D eigenvalue weighted by molar-refractivity contribution is 0.405. The van der Waals surface area contributed by atoms with Gasteiger partial charge in [-0.15, -0.1) is 12.4 Å². The summed E-state index contributed by atoms with van der Waals surface area (Å²) in [5, 5.41) is -0.0751. The fourth-order valence-corrected chi connectivity index (χ4v) is 4.47. The van der Waals surface area contributed by atoms with Crippen LogP contribution in [0.25, 0.3) is 0 Å². The summed E-state index contributed by atoms with van der Waals surface area (Å²) in [7, 11) is -3.52. The fraction of sp³-hybridized carbons (Fsp3) is 0.571. The van der Waals surface area contributed by atoms with E-state index in [1.807, 2.05) is 0 Å². The van der Waals surface area contributed by atoms with Crippen molar-refractivity contribution in [3.8, 4) is 0 Å². The van der Waals surface area contributed by atoms with E-state index in [-0.39, 0.29) is 35.8 Å². The predicted octanol–water partition coefficient (Wildman–Crippen LogP) is 2.84. The van der Waals surface area contributed by atoms with E-state index < -0.39 is 15.8 Å². The summed E-state index contributed by atoms with van der Waals surface area (Å²) in [6, 6.07) is 3.70. The first-order valence-corrected chi connectivity index (χ1v) is 9.08. The molecule has 0 spiro atoms. The third kappa shape index (κ3) is 5.35. The van der Waals surface area contributed by atoms with Crippen LogP contribution in [0.5, 0.6) is 0 Å². The number of nitrogens with one attached hydrogen (secondary N) is 1. The molecule has 3 N–H and O–H groups in total. The molecule has 1 aromatic rings. The quantitative estimate of drug-likeness (QED) is 0.808. The van der Waals surface area contributed by atoms with Crippen molar-refractivity contribution in [3.05, 3.63) is 34.6 Å². The van der Waals surface area contributed by atoms with Crippen LogP contribution in [0.2, 0.25) is 5.02 Å². The van der Waals surface area contributed by atoms with Crippen molar-refractivity contribution in [2.45, 2.75) is 37.5 Å². The van der Waals surface area contributed by atoms with Crippen LogP contribution in [0.1, 0.15) is 31.2 Å². The normalized spacial score (nSPS) is 17.2. The van der Waals surface area contributed by atoms with Crippen molar-refractivity contribution in [3.63, 3.8) is 0 Å². The average molecular weight is 371 g/mol. The van der Waals surface area contributed by atoms with Gasteiger partial charge < -0.3 is 5.73 Å². The van der Waals surface area contributed by atoms with Crippen LogP contribution < -0.4 is 10.5 Å². The molecule has 1 unspecified atom stereocenters. The molecule has 1 aliphatic rings. The lowest BCUT2D eigenvalue weighted by atomic mass is 9.99. The van der Waals surface area contributed by atoms with Gasteiger partial charge in [0.15, 0.2) is 0 Å². The third-order valence-electron chi connectivity index (χ3n) is 3.89. The molecule has 1 fully saturated rings. The van der Waals surface area contributed by atoms with Gasteiger partial charge in [0.05, 0.1) is 10.8 Å². The first kappa shape index (κ1) is 19.6. The van der Waals surface area contributed by atoms with E-state index in [9.17, 15) is 12.8 Å². The summed E-state index contributed by atoms with van der Waals surface area (Å²) < 4.78 is 40.2. The van der Waals surface area contributed by atoms with Gasteiger partial charge in [0, 0.05) is 12.6 Å². The van der Waals surface area contributed by atoms with Gasteiger partial charge >= 0.3 is 0 Å². The topological polar surface area (TPSA) is 72.2 Å². The van der Waals surface area contributed by atoms with Crippen LogP contribution in [0, 0.1) is 11.7 Å². The lowest BCUT2D eigenvalue weighted by Crippen LogP contribution is -2.44. The summed E-state index contributed by atoms with van der Waals surface area (Å²) >= 11 is 5.67. The molecule has 0 radical (unpaired) electrons. The molecule has 1 saturated carbocycles. The van der Waals surface area contributed by atoms with Crippen LogP contribution in [0.15, 0.2) is 18.2 Å². The molecule has 4 nitrogen and oxygen atoms in total. The van der Waals surface area contributed by atoms with Crippen LogP contribution in [-0.4, -0.2) is 21.0 Å². The van der Waals surface area contributed by atoms with Crippen LogP contribution in [0.4, 0.5) is 4.39 Å². The lowest BCUT2D eigenvalue weighted by Gasteiger charge is -2.23. The van der Waals surface area contributed by atoms with Crippen LogP contribution >= 0.6 is 24.0 Å². The third-order valence-corrected chi connectivity index (χ3v) is 5.56. The second-order valence-corrected chi connectivity index (χ2v) is 7.67. The monoisotopic (exact) mass is 370 g/mol. The highest BCUT2D eigenvalue weighted by Gasteiger charge is 2.27. The van der Waals surface area contributed by atoms with E-state index in [0.717, 1.165) is 25.7 Å². The van der Waals surface area contributed by atoms with Crippen molar-refractivity contribution in [1.29, 1.82) is 0 Å². The molecule has 1 aromatic carbocycles. The molecule has 8 heteroatoms. The Kier molecular flexibility index (Phi) is 7.55. The molecule has 1 atom stereocenters. The van der Waals surface area contributed by atoms with E-state index in [1.165, 1.54) is 18.2 Å². The number of nitrogens with two attached hydrogens (primary N) is 1. The van der Waals surface area contributed by atoms with Gasteiger partial charge in [-0.3, -0.25) is 0 Å². The summed E-state index contributed by atoms with van der Waals surface area (Å²) in [5.74, 6) is -0.478. The summed E-state index contributed by atoms with van der Waals surface area (Å²) in [4.78, 5) is 0. The highest BCUT2D eigenvalue weighted by atomic mass is 35.5. The van der Waals surface area contributed by atoms with Crippen molar-refractivity contribution in [2.75, 3.05) is 6.54 Å². The maximum atomic E-state index is 13.1. The van der Waals surface area contributed by atoms with E-state index in [2.05, 4.69) is 4.72 Å². The van der Waals surface area contributed by atoms with Crippen molar-refractivity contribution < 1.29 is 12.8 Å². The van der Waals surface area contributed by atoms with Gasteiger partial charge in [-0.2, -0.15) is 0 Å². The Labute approximate surface area is 142 Å². The summed E-state index contributed by atoms with van der Waals surface area (Å²) in [6.45, 7) is 0.286. The number of benzene rings is 1. The van der Waals surface area contributed by atoms with Gasteiger partial charge in [0.2, 0.25) is 10.0 Å². The van der Waals surface area contributed by atoms with E-state index in [1.54, 1.807) is 0 Å². The Morgan fingerprint density at radius 1 is 1.36 bits per heavy atom. The summed E-state index contributed by atoms with van der Waals surface area (Å²) in [6.07, 6.45) is 4.26. The predicted molar refractivity (Wildman–Crippen MR) is 89.2 cm³/mol. The average Bonchev–Trinajstić information content (AvgIpc) is 2.94. The Morgan fingerprint density at radius 3 is 2.55 bits per heavy atom. The van der Waals surface area contributed by atoms with Crippen molar-refractivity contribution >= 4 is 34.0 Å². The fourth-order valence-electron chi connectivity index (χ4n) is 2.82. The smallest absolute Gasteiger partial charge is 0.216 e. The molecule has 126 valence electrons. The van der Waals surface area contributed by atoms with Crippen molar-refractivity contribution in [1.82, 2.24) is 4.72 Å². The minimum absolute atomic E-state index is 0. The van der Waals surface area contributed by atoms with Crippen LogP contribution in [-0.2, 0) is 15.8 Å². The Hall–Kier alpha value is -0.400. The van der Waals surface area contributed by atoms with Gasteiger partial charge in [-0.1, -0.05) is 30.5 Å². The number of hydrogen-bond donors (Lipinski definition) is 2. The number of sulfonamides is 1. The first-order valence-electron chi connectivity index (χ1n) is 7.05. The zero-order valence-corrected chi connectivity index (χ0v) is 14.5. The van der Waals surface area contributed by atoms with Gasteiger partial charge in [-0.05, 0) is 36.5 Å². The zero-order chi connectivity index (χ0) is 15.5. The molecule has 0 saturated heterocycles.